The van der Waals surface area contributed by atoms with E-state index < -0.39 is 0 Å². The summed E-state index contributed by atoms with van der Waals surface area (Å²) in [6, 6.07) is 2.69. The molecular weight excluding hydrogens is 210 g/mol. The van der Waals surface area contributed by atoms with Crippen LogP contribution in [0.2, 0.25) is 0 Å². The number of nitrogens with one attached hydrogen (secondary N) is 1. The highest BCUT2D eigenvalue weighted by Crippen LogP contribution is 2.14. The average Bonchev–Trinajstić information content (AvgIpc) is 2.79. The van der Waals surface area contributed by atoms with Gasteiger partial charge < -0.3 is 5.32 Å². The zero-order valence-corrected chi connectivity index (χ0v) is 11.6. The van der Waals surface area contributed by atoms with Gasteiger partial charge >= 0.3 is 0 Å². The summed E-state index contributed by atoms with van der Waals surface area (Å²) in [5, 5.41) is 8.07. The standard InChI is InChI=1S/C14H27N3/c1-4-7-8-10-15-12-13-9-11-17(16-13)14(5-2)6-3/h9,11,14-15H,4-8,10,12H2,1-3H3. The highest BCUT2D eigenvalue weighted by Gasteiger charge is 2.07. The summed E-state index contributed by atoms with van der Waals surface area (Å²) in [7, 11) is 0. The van der Waals surface area contributed by atoms with Gasteiger partial charge in [-0.3, -0.25) is 4.68 Å². The van der Waals surface area contributed by atoms with Gasteiger partial charge in [0, 0.05) is 12.7 Å². The first kappa shape index (κ1) is 14.2. The van der Waals surface area contributed by atoms with Gasteiger partial charge in [0.1, 0.15) is 0 Å². The average molecular weight is 237 g/mol. The molecule has 0 aliphatic carbocycles. The first-order chi connectivity index (χ1) is 8.31. The van der Waals surface area contributed by atoms with Crippen LogP contribution in [0.15, 0.2) is 12.3 Å². The molecule has 0 unspecified atom stereocenters. The molecule has 1 aromatic rings. The third-order valence-corrected chi connectivity index (χ3v) is 3.24. The molecule has 3 nitrogen and oxygen atoms in total. The zero-order chi connectivity index (χ0) is 12.5. The first-order valence-electron chi connectivity index (χ1n) is 7.06. The van der Waals surface area contributed by atoms with Crippen LogP contribution in [-0.4, -0.2) is 16.3 Å². The Hall–Kier alpha value is -0.830. The van der Waals surface area contributed by atoms with Crippen molar-refractivity contribution in [2.75, 3.05) is 6.54 Å². The van der Waals surface area contributed by atoms with Crippen LogP contribution in [0, 0.1) is 0 Å². The molecule has 0 aromatic carbocycles. The molecule has 0 saturated heterocycles. The largest absolute Gasteiger partial charge is 0.311 e. The Kier molecular flexibility index (Phi) is 6.94. The van der Waals surface area contributed by atoms with Crippen LogP contribution in [0.1, 0.15) is 64.6 Å². The second-order valence-corrected chi connectivity index (χ2v) is 4.64. The molecule has 0 aliphatic heterocycles. The van der Waals surface area contributed by atoms with Gasteiger partial charge in [-0.2, -0.15) is 5.10 Å². The maximum Gasteiger partial charge on any atom is 0.0762 e. The molecule has 0 amide bonds. The van der Waals surface area contributed by atoms with Crippen molar-refractivity contribution in [2.45, 2.75) is 65.5 Å². The lowest BCUT2D eigenvalue weighted by atomic mass is 10.2. The maximum atomic E-state index is 4.62. The van der Waals surface area contributed by atoms with Gasteiger partial charge in [-0.15, -0.1) is 0 Å². The summed E-state index contributed by atoms with van der Waals surface area (Å²) in [6.07, 6.45) is 8.29. The van der Waals surface area contributed by atoms with Crippen molar-refractivity contribution in [3.63, 3.8) is 0 Å². The highest BCUT2D eigenvalue weighted by molar-refractivity contribution is 4.99. The Balaban J connectivity index is 2.30. The normalized spacial score (nSPS) is 11.3. The van der Waals surface area contributed by atoms with Gasteiger partial charge in [0.15, 0.2) is 0 Å². The van der Waals surface area contributed by atoms with E-state index in [0.29, 0.717) is 6.04 Å². The third-order valence-electron chi connectivity index (χ3n) is 3.24. The van der Waals surface area contributed by atoms with Gasteiger partial charge in [-0.25, -0.2) is 0 Å². The van der Waals surface area contributed by atoms with Crippen molar-refractivity contribution in [1.29, 1.82) is 0 Å². The van der Waals surface area contributed by atoms with E-state index in [-0.39, 0.29) is 0 Å². The minimum Gasteiger partial charge on any atom is -0.311 e. The van der Waals surface area contributed by atoms with Crippen molar-refractivity contribution in [3.8, 4) is 0 Å². The number of aromatic nitrogens is 2. The summed E-state index contributed by atoms with van der Waals surface area (Å²) in [6.45, 7) is 8.68. The molecule has 0 saturated carbocycles. The predicted octanol–water partition coefficient (Wildman–Crippen LogP) is 3.52. The fraction of sp³-hybridized carbons (Fsp3) is 0.786. The Morgan fingerprint density at radius 3 is 2.65 bits per heavy atom. The van der Waals surface area contributed by atoms with Crippen molar-refractivity contribution < 1.29 is 0 Å². The molecule has 17 heavy (non-hydrogen) atoms. The van der Waals surface area contributed by atoms with Crippen LogP contribution < -0.4 is 5.32 Å². The van der Waals surface area contributed by atoms with E-state index in [1.807, 2.05) is 0 Å². The summed E-state index contributed by atoms with van der Waals surface area (Å²) in [5.74, 6) is 0. The van der Waals surface area contributed by atoms with E-state index in [4.69, 9.17) is 0 Å². The Morgan fingerprint density at radius 1 is 1.24 bits per heavy atom. The molecule has 0 radical (unpaired) electrons. The van der Waals surface area contributed by atoms with E-state index in [2.05, 4.69) is 48.1 Å². The van der Waals surface area contributed by atoms with Gasteiger partial charge in [0.2, 0.25) is 0 Å². The molecule has 0 spiro atoms. The van der Waals surface area contributed by atoms with E-state index >= 15 is 0 Å². The summed E-state index contributed by atoms with van der Waals surface area (Å²) >= 11 is 0. The zero-order valence-electron chi connectivity index (χ0n) is 11.6. The molecule has 1 heterocycles. The molecular formula is C14H27N3. The first-order valence-corrected chi connectivity index (χ1v) is 7.06. The van der Waals surface area contributed by atoms with Crippen LogP contribution in [-0.2, 0) is 6.54 Å². The smallest absolute Gasteiger partial charge is 0.0762 e. The van der Waals surface area contributed by atoms with Gasteiger partial charge in [0.25, 0.3) is 0 Å². The minimum absolute atomic E-state index is 0.559. The molecule has 0 atom stereocenters. The van der Waals surface area contributed by atoms with Crippen molar-refractivity contribution in [1.82, 2.24) is 15.1 Å². The summed E-state index contributed by atoms with van der Waals surface area (Å²) < 4.78 is 2.11. The van der Waals surface area contributed by atoms with Gasteiger partial charge in [-0.1, -0.05) is 33.6 Å². The molecule has 0 fully saturated rings. The lowest BCUT2D eigenvalue weighted by Gasteiger charge is -2.12. The molecule has 3 heteroatoms. The SMILES string of the molecule is CCCCCNCc1ccn(C(CC)CC)n1. The Morgan fingerprint density at radius 2 is 2.00 bits per heavy atom. The van der Waals surface area contributed by atoms with Crippen LogP contribution in [0.4, 0.5) is 0 Å². The number of unbranched alkanes of at least 4 members (excludes halogenated alkanes) is 2. The van der Waals surface area contributed by atoms with E-state index in [1.54, 1.807) is 0 Å². The lowest BCUT2D eigenvalue weighted by molar-refractivity contribution is 0.424. The van der Waals surface area contributed by atoms with Crippen molar-refractivity contribution in [2.24, 2.45) is 0 Å². The molecule has 1 N–H and O–H groups in total. The Bertz CT molecular complexity index is 289. The number of hydrogen-bond donors (Lipinski definition) is 1. The van der Waals surface area contributed by atoms with Crippen molar-refractivity contribution in [3.05, 3.63) is 18.0 Å². The molecule has 1 aromatic heterocycles. The third kappa shape index (κ3) is 4.90. The molecule has 0 aliphatic rings. The van der Waals surface area contributed by atoms with Gasteiger partial charge in [0.05, 0.1) is 11.7 Å². The predicted molar refractivity (Wildman–Crippen MR) is 73.1 cm³/mol. The molecule has 98 valence electrons. The quantitative estimate of drug-likeness (QED) is 0.666. The molecule has 0 bridgehead atoms. The van der Waals surface area contributed by atoms with Crippen LogP contribution in [0.3, 0.4) is 0 Å². The van der Waals surface area contributed by atoms with Gasteiger partial charge in [-0.05, 0) is 31.9 Å². The second-order valence-electron chi connectivity index (χ2n) is 4.64. The number of hydrogen-bond acceptors (Lipinski definition) is 2. The van der Waals surface area contributed by atoms with Crippen LogP contribution in [0.5, 0.6) is 0 Å². The molecule has 1 rings (SSSR count). The number of nitrogens with zero attached hydrogens (tertiary/aromatic N) is 2. The second kappa shape index (κ2) is 8.29. The fourth-order valence-electron chi connectivity index (χ4n) is 2.05. The van der Waals surface area contributed by atoms with Crippen LogP contribution >= 0.6 is 0 Å². The number of rotatable bonds is 9. The van der Waals surface area contributed by atoms with Crippen molar-refractivity contribution >= 4 is 0 Å². The topological polar surface area (TPSA) is 29.9 Å². The Labute approximate surface area is 106 Å². The van der Waals surface area contributed by atoms with E-state index in [1.165, 1.54) is 19.3 Å². The maximum absolute atomic E-state index is 4.62. The highest BCUT2D eigenvalue weighted by atomic mass is 15.3. The minimum atomic E-state index is 0.559. The monoisotopic (exact) mass is 237 g/mol. The van der Waals surface area contributed by atoms with E-state index in [0.717, 1.165) is 31.6 Å². The van der Waals surface area contributed by atoms with Crippen LogP contribution in [0.25, 0.3) is 0 Å². The lowest BCUT2D eigenvalue weighted by Crippen LogP contribution is -2.16. The summed E-state index contributed by atoms with van der Waals surface area (Å²) in [4.78, 5) is 0. The van der Waals surface area contributed by atoms with E-state index in [9.17, 15) is 0 Å². The fourth-order valence-corrected chi connectivity index (χ4v) is 2.05. The summed E-state index contributed by atoms with van der Waals surface area (Å²) in [5.41, 5.74) is 1.16.